The summed E-state index contributed by atoms with van der Waals surface area (Å²) in [4.78, 5) is 5.29. The lowest BCUT2D eigenvalue weighted by molar-refractivity contribution is 0.941. The molecule has 0 atom stereocenters. The van der Waals surface area contributed by atoms with Gasteiger partial charge in [0.05, 0.1) is 8.67 Å². The smallest absolute Gasteiger partial charge is 0.0937 e. The Kier molecular flexibility index (Phi) is 4.65. The topological polar surface area (TPSA) is 0 Å². The molecule has 3 heterocycles. The molecule has 0 aliphatic heterocycles. The first-order chi connectivity index (χ1) is 11.5. The van der Waals surface area contributed by atoms with E-state index in [0.717, 1.165) is 21.5 Å². The number of hydrogen-bond acceptors (Lipinski definition) is 3. The predicted molar refractivity (Wildman–Crippen MR) is 112 cm³/mol. The zero-order valence-corrected chi connectivity index (χ0v) is 17.4. The van der Waals surface area contributed by atoms with Crippen LogP contribution in [0, 0.1) is 13.8 Å². The second-order valence-corrected chi connectivity index (χ2v) is 10.9. The van der Waals surface area contributed by atoms with E-state index in [0.29, 0.717) is 0 Å². The van der Waals surface area contributed by atoms with Gasteiger partial charge in [0.1, 0.15) is 0 Å². The molecule has 4 rings (SSSR count). The molecule has 3 aromatic heterocycles. The first kappa shape index (κ1) is 16.9. The Bertz CT molecular complexity index is 940. The van der Waals surface area contributed by atoms with E-state index >= 15 is 0 Å². The van der Waals surface area contributed by atoms with Crippen molar-refractivity contribution in [2.45, 2.75) is 33.1 Å². The molecule has 0 nitrogen and oxygen atoms in total. The molecule has 0 amide bonds. The minimum Gasteiger partial charge on any atom is -0.139 e. The zero-order chi connectivity index (χ0) is 16.8. The van der Waals surface area contributed by atoms with Crippen molar-refractivity contribution in [3.63, 3.8) is 0 Å². The largest absolute Gasteiger partial charge is 0.139 e. The molecule has 0 saturated carbocycles. The van der Waals surface area contributed by atoms with Gasteiger partial charge in [0.15, 0.2) is 0 Å². The van der Waals surface area contributed by atoms with Crippen LogP contribution in [0.3, 0.4) is 0 Å². The second-order valence-electron chi connectivity index (χ2n) is 6.02. The fourth-order valence-corrected chi connectivity index (χ4v) is 6.82. The van der Waals surface area contributed by atoms with Gasteiger partial charge in [-0.1, -0.05) is 23.2 Å². The highest BCUT2D eigenvalue weighted by molar-refractivity contribution is 7.24. The van der Waals surface area contributed by atoms with Gasteiger partial charge in [0.25, 0.3) is 0 Å². The van der Waals surface area contributed by atoms with Gasteiger partial charge < -0.3 is 0 Å². The van der Waals surface area contributed by atoms with Crippen molar-refractivity contribution >= 4 is 68.4 Å². The molecule has 1 aliphatic carbocycles. The summed E-state index contributed by atoms with van der Waals surface area (Å²) >= 11 is 17.6. The maximum atomic E-state index is 6.24. The lowest BCUT2D eigenvalue weighted by Crippen LogP contribution is -1.86. The van der Waals surface area contributed by atoms with E-state index in [9.17, 15) is 0 Å². The van der Waals surface area contributed by atoms with Gasteiger partial charge in [0, 0.05) is 19.5 Å². The van der Waals surface area contributed by atoms with E-state index in [2.05, 4.69) is 32.0 Å². The van der Waals surface area contributed by atoms with Crippen LogP contribution in [0.15, 0.2) is 24.3 Å². The molecular weight excluding hydrogens is 395 g/mol. The Morgan fingerprint density at radius 3 is 2.00 bits per heavy atom. The standard InChI is InChI=1S/C19H16Cl2S3/c1-10-14(8-17(22-10)16-6-7-18(20)24-16)12-4-3-5-13(12)15-9-19(21)23-11(15)2/h6-9H,3-5H2,1-2H3. The lowest BCUT2D eigenvalue weighted by Gasteiger charge is -2.07. The molecule has 0 saturated heterocycles. The van der Waals surface area contributed by atoms with Crippen molar-refractivity contribution in [1.29, 1.82) is 0 Å². The summed E-state index contributed by atoms with van der Waals surface area (Å²) in [5.74, 6) is 0. The minimum absolute atomic E-state index is 0.849. The van der Waals surface area contributed by atoms with Crippen LogP contribution in [-0.2, 0) is 0 Å². The first-order valence-corrected chi connectivity index (χ1v) is 11.1. The Morgan fingerprint density at radius 1 is 0.750 bits per heavy atom. The van der Waals surface area contributed by atoms with Crippen LogP contribution in [0.1, 0.15) is 40.1 Å². The quantitative estimate of drug-likeness (QED) is 0.405. The Labute approximate surface area is 164 Å². The van der Waals surface area contributed by atoms with Crippen LogP contribution in [-0.4, -0.2) is 0 Å². The fourth-order valence-electron chi connectivity index (χ4n) is 3.43. The summed E-state index contributed by atoms with van der Waals surface area (Å²) < 4.78 is 1.74. The van der Waals surface area contributed by atoms with Gasteiger partial charge in [-0.05, 0) is 79.6 Å². The highest BCUT2D eigenvalue weighted by Gasteiger charge is 2.23. The highest BCUT2D eigenvalue weighted by atomic mass is 35.5. The van der Waals surface area contributed by atoms with Crippen molar-refractivity contribution in [3.8, 4) is 9.75 Å². The van der Waals surface area contributed by atoms with E-state index < -0.39 is 0 Å². The van der Waals surface area contributed by atoms with E-state index in [1.54, 1.807) is 22.7 Å². The Hall–Kier alpha value is -0.580. The van der Waals surface area contributed by atoms with Gasteiger partial charge >= 0.3 is 0 Å². The number of hydrogen-bond donors (Lipinski definition) is 0. The molecule has 24 heavy (non-hydrogen) atoms. The summed E-state index contributed by atoms with van der Waals surface area (Å²) in [6, 6.07) is 8.60. The van der Waals surface area contributed by atoms with E-state index in [1.165, 1.54) is 48.2 Å². The third kappa shape index (κ3) is 3.02. The number of halogens is 2. The fraction of sp³-hybridized carbons (Fsp3) is 0.263. The average Bonchev–Trinajstić information content (AvgIpc) is 3.26. The maximum absolute atomic E-state index is 6.24. The van der Waals surface area contributed by atoms with Crippen molar-refractivity contribution in [1.82, 2.24) is 0 Å². The summed E-state index contributed by atoms with van der Waals surface area (Å²) in [5, 5.41) is 0. The SMILES string of the molecule is Cc1sc(Cl)cc1C1=C(c2cc(-c3ccc(Cl)s3)sc2C)CCC1. The van der Waals surface area contributed by atoms with Crippen molar-refractivity contribution in [2.24, 2.45) is 0 Å². The van der Waals surface area contributed by atoms with Crippen LogP contribution >= 0.6 is 57.2 Å². The average molecular weight is 411 g/mol. The summed E-state index contributed by atoms with van der Waals surface area (Å²) in [7, 11) is 0. The Balaban J connectivity index is 1.81. The Morgan fingerprint density at radius 2 is 1.42 bits per heavy atom. The number of rotatable bonds is 3. The monoisotopic (exact) mass is 410 g/mol. The number of allylic oxidation sites excluding steroid dienone is 2. The summed E-state index contributed by atoms with van der Waals surface area (Å²) in [6.45, 7) is 4.41. The minimum atomic E-state index is 0.849. The molecule has 0 radical (unpaired) electrons. The van der Waals surface area contributed by atoms with E-state index in [1.807, 2.05) is 17.4 Å². The van der Waals surface area contributed by atoms with Crippen LogP contribution < -0.4 is 0 Å². The third-order valence-electron chi connectivity index (χ3n) is 4.49. The van der Waals surface area contributed by atoms with Crippen LogP contribution in [0.2, 0.25) is 8.67 Å². The molecular formula is C19H16Cl2S3. The third-order valence-corrected chi connectivity index (χ3v) is 8.15. The molecule has 0 fully saturated rings. The van der Waals surface area contributed by atoms with Crippen LogP contribution in [0.25, 0.3) is 20.9 Å². The van der Waals surface area contributed by atoms with Crippen LogP contribution in [0.4, 0.5) is 0 Å². The highest BCUT2D eigenvalue weighted by Crippen LogP contribution is 2.47. The molecule has 0 unspecified atom stereocenters. The number of thiophene rings is 3. The van der Waals surface area contributed by atoms with Gasteiger partial charge in [-0.25, -0.2) is 0 Å². The van der Waals surface area contributed by atoms with Crippen molar-refractivity contribution in [3.05, 3.63) is 53.8 Å². The maximum Gasteiger partial charge on any atom is 0.0937 e. The van der Waals surface area contributed by atoms with E-state index in [-0.39, 0.29) is 0 Å². The zero-order valence-electron chi connectivity index (χ0n) is 13.4. The van der Waals surface area contributed by atoms with Crippen molar-refractivity contribution in [2.75, 3.05) is 0 Å². The second kappa shape index (κ2) is 6.62. The van der Waals surface area contributed by atoms with Gasteiger partial charge in [-0.3, -0.25) is 0 Å². The van der Waals surface area contributed by atoms with Crippen molar-refractivity contribution < 1.29 is 0 Å². The van der Waals surface area contributed by atoms with Gasteiger partial charge in [-0.2, -0.15) is 0 Å². The molecule has 0 spiro atoms. The number of aryl methyl sites for hydroxylation is 2. The normalized spacial score (nSPS) is 14.8. The van der Waals surface area contributed by atoms with Gasteiger partial charge in [0.2, 0.25) is 0 Å². The van der Waals surface area contributed by atoms with E-state index in [4.69, 9.17) is 23.2 Å². The van der Waals surface area contributed by atoms with Crippen LogP contribution in [0.5, 0.6) is 0 Å². The predicted octanol–water partition coefficient (Wildman–Crippen LogP) is 8.56. The summed E-state index contributed by atoms with van der Waals surface area (Å²) in [5.41, 5.74) is 5.76. The molecule has 124 valence electrons. The first-order valence-electron chi connectivity index (χ1n) is 7.88. The van der Waals surface area contributed by atoms with Gasteiger partial charge in [-0.15, -0.1) is 34.0 Å². The molecule has 0 N–H and O–H groups in total. The molecule has 5 heteroatoms. The molecule has 3 aromatic rings. The summed E-state index contributed by atoms with van der Waals surface area (Å²) in [6.07, 6.45) is 3.54. The molecule has 0 bridgehead atoms. The molecule has 0 aromatic carbocycles. The lowest BCUT2D eigenvalue weighted by atomic mass is 9.98. The molecule has 1 aliphatic rings.